The van der Waals surface area contributed by atoms with E-state index in [1.807, 2.05) is 0 Å². The van der Waals surface area contributed by atoms with Crippen molar-refractivity contribution in [2.45, 2.75) is 11.3 Å². The summed E-state index contributed by atoms with van der Waals surface area (Å²) in [5, 5.41) is 0. The predicted molar refractivity (Wildman–Crippen MR) is 79.5 cm³/mol. The summed E-state index contributed by atoms with van der Waals surface area (Å²) in [7, 11) is -11.5. The molecule has 1 aromatic carbocycles. The van der Waals surface area contributed by atoms with Crippen molar-refractivity contribution in [3.8, 4) is 0 Å². The second kappa shape index (κ2) is 5.81. The molecule has 0 radical (unpaired) electrons. The highest BCUT2D eigenvalue weighted by Gasteiger charge is 2.38. The minimum absolute atomic E-state index is 0.00544. The van der Waals surface area contributed by atoms with Crippen LogP contribution in [0.4, 0.5) is 5.69 Å². The van der Waals surface area contributed by atoms with Gasteiger partial charge in [0.15, 0.2) is 0 Å². The smallest absolute Gasteiger partial charge is 0.302 e. The van der Waals surface area contributed by atoms with Crippen molar-refractivity contribution >= 4 is 39.5 Å². The highest BCUT2D eigenvalue weighted by Crippen LogP contribution is 2.68. The highest BCUT2D eigenvalue weighted by atomic mass is 32.3. The summed E-state index contributed by atoms with van der Waals surface area (Å²) >= 11 is 0. The van der Waals surface area contributed by atoms with Gasteiger partial charge in [-0.15, -0.1) is 0 Å². The van der Waals surface area contributed by atoms with Gasteiger partial charge < -0.3 is 9.79 Å². The molecule has 1 atom stereocenters. The number of hydrogen-bond donors (Lipinski definition) is 3. The van der Waals surface area contributed by atoms with Crippen LogP contribution in [-0.4, -0.2) is 39.8 Å². The fraction of sp³-hybridized carbons (Fsp3) is 0.300. The number of nitrogens with zero attached hydrogens (tertiary/aromatic N) is 1. The van der Waals surface area contributed by atoms with Crippen LogP contribution in [0.15, 0.2) is 34.2 Å². The summed E-state index contributed by atoms with van der Waals surface area (Å²) in [6, 6.07) is 6.72. The highest BCUT2D eigenvalue weighted by molar-refractivity contribution is 8.42. The SMILES string of the molecule is O=P(O)(O)OS1(CCCS(=O)(=O)O)C=Nc2ccccc21. The molecule has 0 amide bonds. The van der Waals surface area contributed by atoms with Crippen LogP contribution in [0.1, 0.15) is 6.42 Å². The van der Waals surface area contributed by atoms with Crippen molar-refractivity contribution in [2.75, 3.05) is 11.5 Å². The normalized spacial score (nSPS) is 24.5. The lowest BCUT2D eigenvalue weighted by Crippen LogP contribution is -2.12. The minimum Gasteiger partial charge on any atom is -0.302 e. The van der Waals surface area contributed by atoms with E-state index in [2.05, 4.69) is 4.99 Å². The van der Waals surface area contributed by atoms with E-state index in [0.29, 0.717) is 10.6 Å². The van der Waals surface area contributed by atoms with E-state index in [1.165, 1.54) is 5.55 Å². The van der Waals surface area contributed by atoms with Crippen molar-refractivity contribution in [3.63, 3.8) is 0 Å². The maximum atomic E-state index is 11.2. The average Bonchev–Trinajstić information content (AvgIpc) is 2.65. The largest absolute Gasteiger partial charge is 0.479 e. The number of hydrogen-bond acceptors (Lipinski definition) is 5. The van der Waals surface area contributed by atoms with Crippen LogP contribution >= 0.6 is 18.1 Å². The number of fused-ring (bicyclic) bond motifs is 1. The first-order valence-corrected chi connectivity index (χ1v) is 10.7. The quantitative estimate of drug-likeness (QED) is 0.523. The maximum Gasteiger partial charge on any atom is 0.479 e. The van der Waals surface area contributed by atoms with Gasteiger partial charge in [-0.05, 0) is 18.6 Å². The molecular formula is C10H14NO7PS2. The summed E-state index contributed by atoms with van der Waals surface area (Å²) in [5.41, 5.74) is 1.87. The summed E-state index contributed by atoms with van der Waals surface area (Å²) in [4.78, 5) is 22.8. The molecule has 1 aliphatic rings. The number of aliphatic imine (C=N–C) groups is 1. The van der Waals surface area contributed by atoms with Gasteiger partial charge in [-0.2, -0.15) is 8.42 Å². The first-order chi connectivity index (χ1) is 9.61. The zero-order valence-corrected chi connectivity index (χ0v) is 13.2. The monoisotopic (exact) mass is 355 g/mol. The molecule has 1 aliphatic heterocycles. The molecule has 1 unspecified atom stereocenters. The van der Waals surface area contributed by atoms with Crippen LogP contribution in [-0.2, 0) is 18.7 Å². The fourth-order valence-electron chi connectivity index (χ4n) is 1.94. The Morgan fingerprint density at radius 3 is 2.57 bits per heavy atom. The average molecular weight is 355 g/mol. The standard InChI is InChI=1S/C10H14NO7PS2/c12-19(13,14)18-20(6-3-7-21(15,16)17)8-11-9-4-1-2-5-10(9)20/h1-2,4-5,8H,3,6-7H2,(H2,12,13,14)(H,15,16,17). The van der Waals surface area contributed by atoms with E-state index in [0.717, 1.165) is 0 Å². The Balaban J connectivity index is 2.30. The summed E-state index contributed by atoms with van der Waals surface area (Å²) in [5.74, 6) is -0.472. The van der Waals surface area contributed by atoms with Crippen LogP contribution in [0.3, 0.4) is 0 Å². The van der Waals surface area contributed by atoms with Crippen molar-refractivity contribution in [3.05, 3.63) is 24.3 Å². The number of rotatable bonds is 6. The second-order valence-corrected chi connectivity index (χ2v) is 10.00. The third-order valence-corrected chi connectivity index (χ3v) is 7.76. The van der Waals surface area contributed by atoms with Gasteiger partial charge in [0.1, 0.15) is 0 Å². The van der Waals surface area contributed by atoms with Crippen LogP contribution in [0.5, 0.6) is 0 Å². The molecule has 0 fully saturated rings. The third kappa shape index (κ3) is 4.36. The molecule has 0 bridgehead atoms. The fourth-order valence-corrected chi connectivity index (χ4v) is 6.87. The van der Waals surface area contributed by atoms with Gasteiger partial charge in [0.25, 0.3) is 10.1 Å². The molecule has 0 saturated heterocycles. The van der Waals surface area contributed by atoms with E-state index >= 15 is 0 Å². The molecule has 0 aromatic heterocycles. The molecule has 1 aromatic rings. The molecular weight excluding hydrogens is 341 g/mol. The van der Waals surface area contributed by atoms with E-state index in [1.54, 1.807) is 24.3 Å². The Morgan fingerprint density at radius 1 is 1.29 bits per heavy atom. The van der Waals surface area contributed by atoms with Crippen molar-refractivity contribution in [2.24, 2.45) is 4.99 Å². The molecule has 1 heterocycles. The van der Waals surface area contributed by atoms with Gasteiger partial charge >= 0.3 is 7.82 Å². The van der Waals surface area contributed by atoms with Gasteiger partial charge in [0.2, 0.25) is 0 Å². The summed E-state index contributed by atoms with van der Waals surface area (Å²) < 4.78 is 46.5. The molecule has 0 aliphatic carbocycles. The van der Waals surface area contributed by atoms with Crippen molar-refractivity contribution in [1.29, 1.82) is 0 Å². The topological polar surface area (TPSA) is 133 Å². The number of phosphoric acid groups is 1. The van der Waals surface area contributed by atoms with Crippen LogP contribution < -0.4 is 0 Å². The first-order valence-electron chi connectivity index (χ1n) is 5.77. The second-order valence-electron chi connectivity index (χ2n) is 4.34. The lowest BCUT2D eigenvalue weighted by atomic mass is 10.3. The Kier molecular flexibility index (Phi) is 4.60. The Hall–Kier alpha value is -0.740. The van der Waals surface area contributed by atoms with Gasteiger partial charge in [-0.25, -0.2) is 13.5 Å². The number of para-hydroxylation sites is 1. The van der Waals surface area contributed by atoms with Gasteiger partial charge in [0, 0.05) is 10.6 Å². The molecule has 11 heteroatoms. The van der Waals surface area contributed by atoms with Crippen LogP contribution in [0.2, 0.25) is 0 Å². The lowest BCUT2D eigenvalue weighted by Gasteiger charge is -2.32. The maximum absolute atomic E-state index is 11.2. The zero-order valence-electron chi connectivity index (χ0n) is 10.7. The molecule has 2 rings (SSSR count). The Labute approximate surface area is 123 Å². The molecule has 0 spiro atoms. The van der Waals surface area contributed by atoms with Crippen molar-refractivity contribution in [1.82, 2.24) is 0 Å². The molecule has 21 heavy (non-hydrogen) atoms. The Morgan fingerprint density at radius 2 is 1.95 bits per heavy atom. The van der Waals surface area contributed by atoms with E-state index in [9.17, 15) is 13.0 Å². The van der Waals surface area contributed by atoms with E-state index in [4.69, 9.17) is 18.3 Å². The predicted octanol–water partition coefficient (Wildman–Crippen LogP) is 1.83. The third-order valence-electron chi connectivity index (χ3n) is 2.68. The Bertz CT molecular complexity index is 714. The lowest BCUT2D eigenvalue weighted by molar-refractivity contribution is 0.295. The molecule has 3 N–H and O–H groups in total. The summed E-state index contributed by atoms with van der Waals surface area (Å²) in [6.45, 7) is 0. The van der Waals surface area contributed by atoms with E-state index in [-0.39, 0.29) is 12.2 Å². The zero-order chi connectivity index (χ0) is 15.7. The van der Waals surface area contributed by atoms with Gasteiger partial charge in [0.05, 0.1) is 17.0 Å². The van der Waals surface area contributed by atoms with Crippen LogP contribution in [0, 0.1) is 0 Å². The molecule has 8 nitrogen and oxygen atoms in total. The van der Waals surface area contributed by atoms with Gasteiger partial charge in [-0.1, -0.05) is 22.4 Å². The van der Waals surface area contributed by atoms with Gasteiger partial charge in [-0.3, -0.25) is 4.55 Å². The van der Waals surface area contributed by atoms with Crippen molar-refractivity contribution < 1.29 is 31.3 Å². The number of benzene rings is 1. The van der Waals surface area contributed by atoms with E-state index < -0.39 is 34.0 Å². The molecule has 118 valence electrons. The minimum atomic E-state index is -4.78. The van der Waals surface area contributed by atoms with Crippen LogP contribution in [0.25, 0.3) is 0 Å². The summed E-state index contributed by atoms with van der Waals surface area (Å²) in [6.07, 6.45) is -0.00544. The molecule has 0 saturated carbocycles. The first kappa shape index (κ1) is 16.6.